The molecule has 0 fully saturated rings. The van der Waals surface area contributed by atoms with Gasteiger partial charge in [0, 0.05) is 0 Å². The smallest absolute Gasteiger partial charge is 0.0823 e. The third-order valence-corrected chi connectivity index (χ3v) is 2.91. The summed E-state index contributed by atoms with van der Waals surface area (Å²) in [6.45, 7) is 0. The molecular weight excluding hydrogens is 224 g/mol. The largest absolute Gasteiger partial charge is 0.388 e. The number of hydrogen-bond acceptors (Lipinski definition) is 2. The van der Waals surface area contributed by atoms with Gasteiger partial charge in [-0.3, -0.25) is 0 Å². The van der Waals surface area contributed by atoms with Crippen LogP contribution in [0, 0.1) is 6.42 Å². The predicted molar refractivity (Wildman–Crippen MR) is 71.7 cm³/mol. The second-order valence-electron chi connectivity index (χ2n) is 4.25. The van der Waals surface area contributed by atoms with Gasteiger partial charge >= 0.3 is 0 Å². The van der Waals surface area contributed by atoms with Crippen molar-refractivity contribution in [2.75, 3.05) is 0 Å². The van der Waals surface area contributed by atoms with Crippen molar-refractivity contribution >= 4 is 0 Å². The molecule has 2 atom stereocenters. The van der Waals surface area contributed by atoms with E-state index in [0.717, 1.165) is 11.1 Å². The Labute approximate surface area is 108 Å². The summed E-state index contributed by atoms with van der Waals surface area (Å²) in [6.07, 6.45) is 0.960. The molecule has 0 amide bonds. The van der Waals surface area contributed by atoms with Gasteiger partial charge in [0.15, 0.2) is 0 Å². The van der Waals surface area contributed by atoms with Crippen molar-refractivity contribution in [1.82, 2.24) is 0 Å². The Bertz CT molecular complexity index is 408. The lowest BCUT2D eigenvalue weighted by atomic mass is 9.99. The maximum Gasteiger partial charge on any atom is 0.0823 e. The lowest BCUT2D eigenvalue weighted by Crippen LogP contribution is -2.03. The first-order chi connectivity index (χ1) is 8.77. The zero-order valence-electron chi connectivity index (χ0n) is 10.1. The van der Waals surface area contributed by atoms with Crippen LogP contribution in [0.25, 0.3) is 0 Å². The van der Waals surface area contributed by atoms with Gasteiger partial charge in [0.1, 0.15) is 0 Å². The molecule has 2 aromatic rings. The summed E-state index contributed by atoms with van der Waals surface area (Å²) in [4.78, 5) is 0. The van der Waals surface area contributed by atoms with E-state index in [1.54, 1.807) is 6.42 Å². The van der Waals surface area contributed by atoms with Gasteiger partial charge in [-0.2, -0.15) is 0 Å². The first kappa shape index (κ1) is 12.8. The number of benzene rings is 2. The summed E-state index contributed by atoms with van der Waals surface area (Å²) in [6, 6.07) is 18.9. The van der Waals surface area contributed by atoms with Gasteiger partial charge in [0.2, 0.25) is 0 Å². The van der Waals surface area contributed by atoms with E-state index in [0.29, 0.717) is 6.42 Å². The van der Waals surface area contributed by atoms with Crippen LogP contribution in [-0.4, -0.2) is 10.2 Å². The molecule has 0 aliphatic carbocycles. The summed E-state index contributed by atoms with van der Waals surface area (Å²) < 4.78 is 0. The number of aliphatic hydroxyl groups excluding tert-OH is 2. The van der Waals surface area contributed by atoms with Crippen molar-refractivity contribution in [1.29, 1.82) is 0 Å². The molecule has 2 aromatic carbocycles. The third-order valence-electron chi connectivity index (χ3n) is 2.91. The second-order valence-corrected chi connectivity index (χ2v) is 4.25. The molecule has 0 aromatic heterocycles. The Balaban J connectivity index is 1.89. The lowest BCUT2D eigenvalue weighted by molar-refractivity contribution is 0.151. The lowest BCUT2D eigenvalue weighted by Gasteiger charge is -2.14. The molecule has 2 heteroatoms. The molecule has 2 nitrogen and oxygen atoms in total. The van der Waals surface area contributed by atoms with E-state index >= 15 is 0 Å². The molecule has 0 spiro atoms. The standard InChI is InChI=1S/C16H17O2/c17-15(13-7-3-1-4-8-13)11-12-16(18)14-9-5-2-6-10-14/h1-11,15-18H,12H2. The monoisotopic (exact) mass is 241 g/mol. The summed E-state index contributed by atoms with van der Waals surface area (Å²) >= 11 is 0. The molecule has 0 bridgehead atoms. The molecule has 0 saturated carbocycles. The van der Waals surface area contributed by atoms with Crippen molar-refractivity contribution < 1.29 is 10.2 Å². The Hall–Kier alpha value is -1.64. The highest BCUT2D eigenvalue weighted by molar-refractivity contribution is 5.21. The zero-order chi connectivity index (χ0) is 12.8. The molecule has 2 rings (SSSR count). The Morgan fingerprint density at radius 3 is 1.83 bits per heavy atom. The summed E-state index contributed by atoms with van der Waals surface area (Å²) in [5.41, 5.74) is 1.71. The van der Waals surface area contributed by atoms with Crippen molar-refractivity contribution in [3.63, 3.8) is 0 Å². The molecule has 0 heterocycles. The van der Waals surface area contributed by atoms with E-state index in [9.17, 15) is 10.2 Å². The van der Waals surface area contributed by atoms with Crippen LogP contribution in [-0.2, 0) is 0 Å². The third kappa shape index (κ3) is 3.42. The van der Waals surface area contributed by atoms with E-state index in [1.807, 2.05) is 60.7 Å². The molecule has 18 heavy (non-hydrogen) atoms. The van der Waals surface area contributed by atoms with E-state index < -0.39 is 12.2 Å². The van der Waals surface area contributed by atoms with E-state index in [2.05, 4.69) is 0 Å². The molecule has 1 radical (unpaired) electrons. The van der Waals surface area contributed by atoms with Gasteiger partial charge in [0.25, 0.3) is 0 Å². The van der Waals surface area contributed by atoms with E-state index in [4.69, 9.17) is 0 Å². The van der Waals surface area contributed by atoms with Gasteiger partial charge in [-0.05, 0) is 24.0 Å². The van der Waals surface area contributed by atoms with Crippen LogP contribution >= 0.6 is 0 Å². The van der Waals surface area contributed by atoms with Crippen molar-refractivity contribution in [2.24, 2.45) is 0 Å². The van der Waals surface area contributed by atoms with Gasteiger partial charge in [-0.1, -0.05) is 60.7 Å². The Morgan fingerprint density at radius 2 is 1.28 bits per heavy atom. The summed E-state index contributed by atoms with van der Waals surface area (Å²) in [5, 5.41) is 19.9. The van der Waals surface area contributed by atoms with Crippen LogP contribution in [0.3, 0.4) is 0 Å². The van der Waals surface area contributed by atoms with Crippen LogP contribution < -0.4 is 0 Å². The van der Waals surface area contributed by atoms with Crippen molar-refractivity contribution in [3.05, 3.63) is 78.2 Å². The summed E-state index contributed by atoms with van der Waals surface area (Å²) in [5.74, 6) is 0. The molecular formula is C16H17O2. The SMILES string of the molecule is OC([CH]CC(O)c1ccccc1)c1ccccc1. The summed E-state index contributed by atoms with van der Waals surface area (Å²) in [7, 11) is 0. The van der Waals surface area contributed by atoms with Gasteiger partial charge < -0.3 is 10.2 Å². The first-order valence-corrected chi connectivity index (χ1v) is 6.06. The first-order valence-electron chi connectivity index (χ1n) is 6.06. The molecule has 0 aliphatic heterocycles. The number of hydrogen-bond donors (Lipinski definition) is 2. The predicted octanol–water partition coefficient (Wildman–Crippen LogP) is 3.05. The zero-order valence-corrected chi connectivity index (χ0v) is 10.1. The molecule has 0 aliphatic rings. The van der Waals surface area contributed by atoms with Gasteiger partial charge in [-0.25, -0.2) is 0 Å². The van der Waals surface area contributed by atoms with Crippen LogP contribution in [0.5, 0.6) is 0 Å². The van der Waals surface area contributed by atoms with Crippen LogP contribution in [0.2, 0.25) is 0 Å². The van der Waals surface area contributed by atoms with Crippen molar-refractivity contribution in [3.8, 4) is 0 Å². The highest BCUT2D eigenvalue weighted by atomic mass is 16.3. The fourth-order valence-electron chi connectivity index (χ4n) is 1.86. The minimum Gasteiger partial charge on any atom is -0.388 e. The highest BCUT2D eigenvalue weighted by Gasteiger charge is 2.12. The van der Waals surface area contributed by atoms with Crippen LogP contribution in [0.4, 0.5) is 0 Å². The highest BCUT2D eigenvalue weighted by Crippen LogP contribution is 2.23. The second kappa shape index (κ2) is 6.34. The maximum absolute atomic E-state index is 9.97. The molecule has 2 N–H and O–H groups in total. The maximum atomic E-state index is 9.97. The van der Waals surface area contributed by atoms with Crippen molar-refractivity contribution in [2.45, 2.75) is 18.6 Å². The van der Waals surface area contributed by atoms with E-state index in [-0.39, 0.29) is 0 Å². The van der Waals surface area contributed by atoms with Gasteiger partial charge in [0.05, 0.1) is 12.2 Å². The normalized spacial score (nSPS) is 14.1. The molecule has 93 valence electrons. The fourth-order valence-corrected chi connectivity index (χ4v) is 1.86. The Kier molecular flexibility index (Phi) is 4.51. The van der Waals surface area contributed by atoms with Crippen LogP contribution in [0.1, 0.15) is 29.8 Å². The topological polar surface area (TPSA) is 40.5 Å². The number of aliphatic hydroxyl groups is 2. The quantitative estimate of drug-likeness (QED) is 0.844. The van der Waals surface area contributed by atoms with Crippen LogP contribution in [0.15, 0.2) is 60.7 Å². The minimum absolute atomic E-state index is 0.431. The molecule has 2 unspecified atom stereocenters. The van der Waals surface area contributed by atoms with E-state index in [1.165, 1.54) is 0 Å². The average molecular weight is 241 g/mol. The molecule has 0 saturated heterocycles. The average Bonchev–Trinajstić information content (AvgIpc) is 2.46. The Morgan fingerprint density at radius 1 is 0.778 bits per heavy atom. The fraction of sp³-hybridized carbons (Fsp3) is 0.188. The number of rotatable bonds is 5. The van der Waals surface area contributed by atoms with Gasteiger partial charge in [-0.15, -0.1) is 0 Å². The minimum atomic E-state index is -0.635.